The van der Waals surface area contributed by atoms with Gasteiger partial charge in [-0.1, -0.05) is 24.3 Å². The van der Waals surface area contributed by atoms with Crippen LogP contribution in [0.15, 0.2) is 42.6 Å². The molecule has 0 fully saturated rings. The molecule has 0 atom stereocenters. The number of aromatic nitrogens is 1. The fourth-order valence-corrected chi connectivity index (χ4v) is 3.26. The maximum Gasteiger partial charge on any atom is 1.00 e. The van der Waals surface area contributed by atoms with E-state index in [-0.39, 0.29) is 35.3 Å². The molecule has 0 saturated carbocycles. The van der Waals surface area contributed by atoms with Gasteiger partial charge in [0, 0.05) is 17.3 Å². The van der Waals surface area contributed by atoms with Gasteiger partial charge >= 0.3 is 29.6 Å². The van der Waals surface area contributed by atoms with Crippen molar-refractivity contribution >= 4 is 11.5 Å². The molecule has 3 rings (SSSR count). The van der Waals surface area contributed by atoms with Crippen LogP contribution in [0, 0.1) is 0 Å². The molecule has 0 saturated heterocycles. The Morgan fingerprint density at radius 2 is 1.48 bits per heavy atom. The van der Waals surface area contributed by atoms with Crippen molar-refractivity contribution in [3.05, 3.63) is 42.6 Å². The first-order valence-corrected chi connectivity index (χ1v) is 7.97. The summed E-state index contributed by atoms with van der Waals surface area (Å²) in [6.45, 7) is 0. The zero-order valence-electron chi connectivity index (χ0n) is 14.5. The Morgan fingerprint density at radius 1 is 0.880 bits per heavy atom. The third kappa shape index (κ3) is 3.93. The standard InChI is InChI=1S/C18H17NO4S.Na/c1-21-15-8-12(9-16(22-2)17(15)23-3)18-14(10-19-24-18)11-4-6-13(20)7-5-11;/h4-10,20H,1-3H3;/q;+1/p-1. The van der Waals surface area contributed by atoms with Crippen molar-refractivity contribution < 1.29 is 48.9 Å². The van der Waals surface area contributed by atoms with E-state index >= 15 is 0 Å². The molecule has 0 aliphatic heterocycles. The second kappa shape index (κ2) is 8.58. The normalized spacial score (nSPS) is 10.0. The van der Waals surface area contributed by atoms with Gasteiger partial charge in [-0.2, -0.15) is 4.37 Å². The molecular formula is C18H16NNaO4S. The molecule has 0 spiro atoms. The van der Waals surface area contributed by atoms with E-state index < -0.39 is 0 Å². The van der Waals surface area contributed by atoms with Crippen LogP contribution < -0.4 is 48.9 Å². The average Bonchev–Trinajstić information content (AvgIpc) is 3.10. The molecule has 124 valence electrons. The number of rotatable bonds is 5. The first kappa shape index (κ1) is 19.6. The van der Waals surface area contributed by atoms with Crippen molar-refractivity contribution in [1.29, 1.82) is 0 Å². The minimum atomic E-state index is -0.0173. The summed E-state index contributed by atoms with van der Waals surface area (Å²) in [5, 5.41) is 11.3. The van der Waals surface area contributed by atoms with Crippen molar-refractivity contribution in [2.75, 3.05) is 21.3 Å². The van der Waals surface area contributed by atoms with Crippen LogP contribution in [0.25, 0.3) is 21.6 Å². The van der Waals surface area contributed by atoms with Gasteiger partial charge in [-0.25, -0.2) is 0 Å². The Hall–Kier alpha value is -1.73. The van der Waals surface area contributed by atoms with Gasteiger partial charge in [-0.15, -0.1) is 5.75 Å². The van der Waals surface area contributed by atoms with E-state index in [1.807, 2.05) is 12.1 Å². The van der Waals surface area contributed by atoms with E-state index in [1.165, 1.54) is 11.5 Å². The molecule has 0 bridgehead atoms. The van der Waals surface area contributed by atoms with Gasteiger partial charge in [-0.05, 0) is 29.2 Å². The van der Waals surface area contributed by atoms with Gasteiger partial charge in [0.05, 0.1) is 26.2 Å². The molecule has 1 heterocycles. The predicted octanol–water partition coefficient (Wildman–Crippen LogP) is 0.580. The molecule has 0 N–H and O–H groups in total. The average molecular weight is 365 g/mol. The van der Waals surface area contributed by atoms with E-state index in [1.54, 1.807) is 51.8 Å². The van der Waals surface area contributed by atoms with E-state index in [9.17, 15) is 5.11 Å². The number of hydrogen-bond donors (Lipinski definition) is 0. The Bertz CT molecular complexity index is 824. The van der Waals surface area contributed by atoms with Crippen LogP contribution in [0.4, 0.5) is 0 Å². The minimum absolute atomic E-state index is 0. The molecule has 0 aliphatic rings. The van der Waals surface area contributed by atoms with Crippen molar-refractivity contribution in [3.8, 4) is 44.6 Å². The first-order valence-electron chi connectivity index (χ1n) is 7.20. The number of benzene rings is 2. The molecular weight excluding hydrogens is 349 g/mol. The molecule has 0 aliphatic carbocycles. The summed E-state index contributed by atoms with van der Waals surface area (Å²) in [5.74, 6) is 1.70. The van der Waals surface area contributed by atoms with Crippen LogP contribution in [-0.4, -0.2) is 25.7 Å². The second-order valence-corrected chi connectivity index (χ2v) is 5.81. The van der Waals surface area contributed by atoms with Gasteiger partial charge in [0.15, 0.2) is 11.5 Å². The van der Waals surface area contributed by atoms with Crippen LogP contribution in [0.5, 0.6) is 23.0 Å². The number of nitrogens with zero attached hydrogens (tertiary/aromatic N) is 1. The monoisotopic (exact) mass is 365 g/mol. The molecule has 7 heteroatoms. The molecule has 0 radical (unpaired) electrons. The van der Waals surface area contributed by atoms with Crippen LogP contribution in [-0.2, 0) is 0 Å². The van der Waals surface area contributed by atoms with Gasteiger partial charge < -0.3 is 19.3 Å². The summed E-state index contributed by atoms with van der Waals surface area (Å²) in [6.07, 6.45) is 1.79. The Morgan fingerprint density at radius 3 is 2.00 bits per heavy atom. The molecule has 0 amide bonds. The topological polar surface area (TPSA) is 63.6 Å². The van der Waals surface area contributed by atoms with Gasteiger partial charge in [0.1, 0.15) is 0 Å². The van der Waals surface area contributed by atoms with Gasteiger partial charge in [-0.3, -0.25) is 0 Å². The molecule has 1 aromatic heterocycles. The van der Waals surface area contributed by atoms with Crippen molar-refractivity contribution in [2.45, 2.75) is 0 Å². The predicted molar refractivity (Wildman–Crippen MR) is 92.1 cm³/mol. The van der Waals surface area contributed by atoms with Crippen LogP contribution in [0.3, 0.4) is 0 Å². The smallest absolute Gasteiger partial charge is 0.872 e. The minimum Gasteiger partial charge on any atom is -0.872 e. The third-order valence-electron chi connectivity index (χ3n) is 3.66. The fourth-order valence-electron chi connectivity index (χ4n) is 2.50. The van der Waals surface area contributed by atoms with E-state index in [0.717, 1.165) is 21.6 Å². The van der Waals surface area contributed by atoms with Crippen LogP contribution in [0.1, 0.15) is 0 Å². The SMILES string of the molecule is COc1cc(-c2sncc2-c2ccc([O-])cc2)cc(OC)c1OC.[Na+]. The van der Waals surface area contributed by atoms with Crippen LogP contribution in [0.2, 0.25) is 0 Å². The maximum absolute atomic E-state index is 11.3. The molecule has 25 heavy (non-hydrogen) atoms. The summed E-state index contributed by atoms with van der Waals surface area (Å²) >= 11 is 1.37. The third-order valence-corrected chi connectivity index (χ3v) is 4.51. The Labute approximate surface area is 172 Å². The Kier molecular flexibility index (Phi) is 6.72. The van der Waals surface area contributed by atoms with Crippen LogP contribution >= 0.6 is 11.5 Å². The fraction of sp³-hybridized carbons (Fsp3) is 0.167. The molecule has 2 aromatic carbocycles. The number of hydrogen-bond acceptors (Lipinski definition) is 6. The molecule has 3 aromatic rings. The van der Waals surface area contributed by atoms with E-state index in [2.05, 4.69) is 4.37 Å². The van der Waals surface area contributed by atoms with Crippen molar-refractivity contribution in [1.82, 2.24) is 4.37 Å². The quantitative estimate of drug-likeness (QED) is 0.619. The van der Waals surface area contributed by atoms with Crippen molar-refractivity contribution in [3.63, 3.8) is 0 Å². The summed E-state index contributed by atoms with van der Waals surface area (Å²) in [6, 6.07) is 10.5. The zero-order valence-corrected chi connectivity index (χ0v) is 17.3. The molecule has 0 unspecified atom stereocenters. The summed E-state index contributed by atoms with van der Waals surface area (Å²) in [7, 11) is 4.74. The summed E-state index contributed by atoms with van der Waals surface area (Å²) in [5.41, 5.74) is 2.80. The van der Waals surface area contributed by atoms with E-state index in [4.69, 9.17) is 14.2 Å². The number of methoxy groups -OCH3 is 3. The van der Waals surface area contributed by atoms with Crippen molar-refractivity contribution in [2.24, 2.45) is 0 Å². The van der Waals surface area contributed by atoms with Gasteiger partial charge in [0.25, 0.3) is 0 Å². The zero-order chi connectivity index (χ0) is 17.1. The molecule has 5 nitrogen and oxygen atoms in total. The largest absolute Gasteiger partial charge is 1.00 e. The number of ether oxygens (including phenoxy) is 3. The summed E-state index contributed by atoms with van der Waals surface area (Å²) < 4.78 is 20.5. The van der Waals surface area contributed by atoms with E-state index in [0.29, 0.717) is 17.2 Å². The Balaban J connectivity index is 0.00000225. The maximum atomic E-state index is 11.3. The van der Waals surface area contributed by atoms with Gasteiger partial charge in [0.2, 0.25) is 5.75 Å². The summed E-state index contributed by atoms with van der Waals surface area (Å²) in [4.78, 5) is 0.966. The first-order chi connectivity index (χ1) is 11.7. The second-order valence-electron chi connectivity index (χ2n) is 5.01.